The summed E-state index contributed by atoms with van der Waals surface area (Å²) in [4.78, 5) is 35.9. The van der Waals surface area contributed by atoms with Crippen molar-refractivity contribution in [2.75, 3.05) is 41.0 Å². The van der Waals surface area contributed by atoms with E-state index in [4.69, 9.17) is 4.74 Å². The summed E-state index contributed by atoms with van der Waals surface area (Å²) in [6, 6.07) is -1.13. The van der Waals surface area contributed by atoms with E-state index in [-0.39, 0.29) is 12.4 Å². The van der Waals surface area contributed by atoms with Crippen molar-refractivity contribution < 1.29 is 23.9 Å². The first-order valence-electron chi connectivity index (χ1n) is 6.28. The summed E-state index contributed by atoms with van der Waals surface area (Å²) < 4.78 is 9.53. The SMILES string of the molecule is CNC(=O)NC(=O)C(C)N(CCOC)CCC(=O)OC. The highest BCUT2D eigenvalue weighted by Gasteiger charge is 2.23. The van der Waals surface area contributed by atoms with Crippen molar-refractivity contribution in [1.29, 1.82) is 0 Å². The van der Waals surface area contributed by atoms with Crippen molar-refractivity contribution >= 4 is 17.9 Å². The number of hydrogen-bond acceptors (Lipinski definition) is 6. The Kier molecular flexibility index (Phi) is 9.31. The number of nitrogens with zero attached hydrogens (tertiary/aromatic N) is 1. The summed E-state index contributed by atoms with van der Waals surface area (Å²) in [5.41, 5.74) is 0. The Morgan fingerprint density at radius 3 is 2.35 bits per heavy atom. The zero-order valence-corrected chi connectivity index (χ0v) is 12.4. The molecule has 0 fully saturated rings. The molecule has 0 aliphatic rings. The van der Waals surface area contributed by atoms with Gasteiger partial charge >= 0.3 is 12.0 Å². The molecular formula is C12H23N3O5. The molecule has 3 amide bonds. The highest BCUT2D eigenvalue weighted by Crippen LogP contribution is 2.02. The maximum Gasteiger partial charge on any atom is 0.321 e. The van der Waals surface area contributed by atoms with E-state index in [1.54, 1.807) is 18.9 Å². The van der Waals surface area contributed by atoms with E-state index in [2.05, 4.69) is 15.4 Å². The molecule has 1 atom stereocenters. The quantitative estimate of drug-likeness (QED) is 0.576. The van der Waals surface area contributed by atoms with Crippen molar-refractivity contribution in [3.8, 4) is 0 Å². The van der Waals surface area contributed by atoms with Crippen LogP contribution >= 0.6 is 0 Å². The Hall–Kier alpha value is -1.67. The summed E-state index contributed by atoms with van der Waals surface area (Å²) in [5.74, 6) is -0.795. The van der Waals surface area contributed by atoms with Gasteiger partial charge in [0.1, 0.15) is 0 Å². The second-order valence-electron chi connectivity index (χ2n) is 4.10. The fourth-order valence-electron chi connectivity index (χ4n) is 1.49. The number of esters is 1. The predicted molar refractivity (Wildman–Crippen MR) is 72.1 cm³/mol. The molecule has 0 radical (unpaired) electrons. The average Bonchev–Trinajstić information content (AvgIpc) is 2.45. The van der Waals surface area contributed by atoms with Crippen LogP contribution in [0, 0.1) is 0 Å². The van der Waals surface area contributed by atoms with E-state index in [0.29, 0.717) is 19.7 Å². The number of imide groups is 1. The number of methoxy groups -OCH3 is 2. The minimum absolute atomic E-state index is 0.164. The predicted octanol–water partition coefficient (Wildman–Crippen LogP) is -0.658. The van der Waals surface area contributed by atoms with E-state index < -0.39 is 18.0 Å². The van der Waals surface area contributed by atoms with Gasteiger partial charge in [-0.2, -0.15) is 0 Å². The van der Waals surface area contributed by atoms with Crippen LogP contribution in [0.3, 0.4) is 0 Å². The van der Waals surface area contributed by atoms with E-state index in [9.17, 15) is 14.4 Å². The molecule has 0 aromatic rings. The van der Waals surface area contributed by atoms with Gasteiger partial charge in [0.15, 0.2) is 0 Å². The zero-order valence-electron chi connectivity index (χ0n) is 12.4. The Labute approximate surface area is 118 Å². The number of amides is 3. The van der Waals surface area contributed by atoms with Crippen LogP contribution in [0.25, 0.3) is 0 Å². The highest BCUT2D eigenvalue weighted by atomic mass is 16.5. The molecule has 0 rings (SSSR count). The van der Waals surface area contributed by atoms with Crippen LogP contribution < -0.4 is 10.6 Å². The van der Waals surface area contributed by atoms with Crippen LogP contribution in [-0.2, 0) is 19.1 Å². The van der Waals surface area contributed by atoms with Gasteiger partial charge < -0.3 is 14.8 Å². The van der Waals surface area contributed by atoms with Crippen molar-refractivity contribution in [3.63, 3.8) is 0 Å². The van der Waals surface area contributed by atoms with Gasteiger partial charge in [-0.05, 0) is 6.92 Å². The van der Waals surface area contributed by atoms with Crippen LogP contribution in [0.1, 0.15) is 13.3 Å². The second-order valence-corrected chi connectivity index (χ2v) is 4.10. The summed E-state index contributed by atoms with van der Waals surface area (Å²) in [7, 11) is 4.28. The van der Waals surface area contributed by atoms with Crippen LogP contribution in [0.5, 0.6) is 0 Å². The van der Waals surface area contributed by atoms with E-state index in [0.717, 1.165) is 0 Å². The molecule has 0 spiro atoms. The van der Waals surface area contributed by atoms with Gasteiger partial charge in [0.2, 0.25) is 5.91 Å². The van der Waals surface area contributed by atoms with Crippen molar-refractivity contribution in [2.24, 2.45) is 0 Å². The lowest BCUT2D eigenvalue weighted by Crippen LogP contribution is -2.50. The van der Waals surface area contributed by atoms with Crippen molar-refractivity contribution in [3.05, 3.63) is 0 Å². The molecule has 8 nitrogen and oxygen atoms in total. The zero-order chi connectivity index (χ0) is 15.5. The number of hydrogen-bond donors (Lipinski definition) is 2. The standard InChI is InChI=1S/C12H23N3O5/c1-9(11(17)14-12(18)13-2)15(7-8-19-3)6-5-10(16)20-4/h9H,5-8H2,1-4H3,(H2,13,14,17,18). The molecule has 0 aliphatic heterocycles. The number of carbonyl (C=O) groups is 3. The van der Waals surface area contributed by atoms with Gasteiger partial charge in [-0.1, -0.05) is 0 Å². The van der Waals surface area contributed by atoms with E-state index in [1.165, 1.54) is 14.2 Å². The Bertz CT molecular complexity index is 335. The monoisotopic (exact) mass is 289 g/mol. The fourth-order valence-corrected chi connectivity index (χ4v) is 1.49. The molecule has 20 heavy (non-hydrogen) atoms. The number of urea groups is 1. The molecule has 1 unspecified atom stereocenters. The number of nitrogens with one attached hydrogen (secondary N) is 2. The lowest BCUT2D eigenvalue weighted by molar-refractivity contribution is -0.141. The Balaban J connectivity index is 4.52. The first-order chi connectivity index (χ1) is 9.46. The third kappa shape index (κ3) is 7.05. The molecule has 0 saturated carbocycles. The minimum Gasteiger partial charge on any atom is -0.469 e. The molecule has 0 heterocycles. The van der Waals surface area contributed by atoms with Gasteiger partial charge in [0, 0.05) is 27.2 Å². The summed E-state index contributed by atoms with van der Waals surface area (Å²) in [6.45, 7) is 2.89. The van der Waals surface area contributed by atoms with E-state index >= 15 is 0 Å². The number of rotatable bonds is 8. The first kappa shape index (κ1) is 18.3. The van der Waals surface area contributed by atoms with Gasteiger partial charge in [0.05, 0.1) is 26.2 Å². The molecule has 0 aromatic heterocycles. The smallest absolute Gasteiger partial charge is 0.321 e. The minimum atomic E-state index is -0.568. The van der Waals surface area contributed by atoms with Gasteiger partial charge in [-0.15, -0.1) is 0 Å². The van der Waals surface area contributed by atoms with Crippen molar-refractivity contribution in [2.45, 2.75) is 19.4 Å². The highest BCUT2D eigenvalue weighted by molar-refractivity contribution is 5.96. The van der Waals surface area contributed by atoms with Gasteiger partial charge in [-0.3, -0.25) is 19.8 Å². The summed E-state index contributed by atoms with van der Waals surface area (Å²) in [6.07, 6.45) is 0.164. The molecule has 2 N–H and O–H groups in total. The molecule has 0 aromatic carbocycles. The fraction of sp³-hybridized carbons (Fsp3) is 0.750. The maximum absolute atomic E-state index is 11.9. The van der Waals surface area contributed by atoms with Crippen LogP contribution in [0.4, 0.5) is 4.79 Å². The molecular weight excluding hydrogens is 266 g/mol. The van der Waals surface area contributed by atoms with Crippen molar-refractivity contribution in [1.82, 2.24) is 15.5 Å². The first-order valence-corrected chi connectivity index (χ1v) is 6.28. The Morgan fingerprint density at radius 1 is 1.20 bits per heavy atom. The second kappa shape index (κ2) is 10.2. The number of carbonyl (C=O) groups excluding carboxylic acids is 3. The third-order valence-corrected chi connectivity index (χ3v) is 2.80. The molecule has 0 saturated heterocycles. The normalized spacial score (nSPS) is 11.8. The third-order valence-electron chi connectivity index (χ3n) is 2.80. The lowest BCUT2D eigenvalue weighted by atomic mass is 10.2. The van der Waals surface area contributed by atoms with E-state index in [1.807, 2.05) is 0 Å². The molecule has 0 aliphatic carbocycles. The molecule has 116 valence electrons. The Morgan fingerprint density at radius 2 is 1.85 bits per heavy atom. The lowest BCUT2D eigenvalue weighted by Gasteiger charge is -2.27. The summed E-state index contributed by atoms with van der Waals surface area (Å²) >= 11 is 0. The van der Waals surface area contributed by atoms with Gasteiger partial charge in [-0.25, -0.2) is 4.79 Å². The van der Waals surface area contributed by atoms with Crippen LogP contribution in [0.2, 0.25) is 0 Å². The van der Waals surface area contributed by atoms with Crippen LogP contribution in [-0.4, -0.2) is 69.8 Å². The maximum atomic E-state index is 11.9. The van der Waals surface area contributed by atoms with Crippen LogP contribution in [0.15, 0.2) is 0 Å². The number of ether oxygens (including phenoxy) is 2. The average molecular weight is 289 g/mol. The van der Waals surface area contributed by atoms with Gasteiger partial charge in [0.25, 0.3) is 0 Å². The molecule has 0 bridgehead atoms. The largest absolute Gasteiger partial charge is 0.469 e. The topological polar surface area (TPSA) is 97.0 Å². The molecule has 8 heteroatoms. The summed E-state index contributed by atoms with van der Waals surface area (Å²) in [5, 5.41) is 4.50.